The molecule has 96 valence electrons. The van der Waals surface area contributed by atoms with E-state index >= 15 is 0 Å². The highest BCUT2D eigenvalue weighted by Gasteiger charge is 2.28. The topological polar surface area (TPSA) is 12.0 Å². The minimum atomic E-state index is 0.963. The zero-order valence-corrected chi connectivity index (χ0v) is 11.6. The third-order valence-corrected chi connectivity index (χ3v) is 4.47. The Balaban J connectivity index is 2.37. The second-order valence-electron chi connectivity index (χ2n) is 5.66. The lowest BCUT2D eigenvalue weighted by atomic mass is 9.71. The maximum absolute atomic E-state index is 3.39. The Morgan fingerprint density at radius 2 is 1.88 bits per heavy atom. The molecule has 1 rings (SSSR count). The average molecular weight is 225 g/mol. The Labute approximate surface area is 102 Å². The molecule has 0 spiro atoms. The third-order valence-electron chi connectivity index (χ3n) is 4.47. The van der Waals surface area contributed by atoms with Crippen LogP contribution in [0.4, 0.5) is 0 Å². The number of nitrogens with one attached hydrogen (secondary N) is 1. The lowest BCUT2D eigenvalue weighted by Crippen LogP contribution is -2.31. The van der Waals surface area contributed by atoms with Gasteiger partial charge in [0.25, 0.3) is 0 Å². The molecule has 1 heteroatoms. The maximum Gasteiger partial charge on any atom is -0.00209 e. The third kappa shape index (κ3) is 4.45. The molecular weight excluding hydrogens is 194 g/mol. The summed E-state index contributed by atoms with van der Waals surface area (Å²) in [5, 5.41) is 3.39. The summed E-state index contributed by atoms with van der Waals surface area (Å²) in [6.45, 7) is 5.92. The van der Waals surface area contributed by atoms with Crippen molar-refractivity contribution in [1.82, 2.24) is 5.32 Å². The van der Waals surface area contributed by atoms with Crippen LogP contribution >= 0.6 is 0 Å². The Hall–Kier alpha value is -0.0400. The summed E-state index contributed by atoms with van der Waals surface area (Å²) < 4.78 is 0. The van der Waals surface area contributed by atoms with Crippen LogP contribution in [0.5, 0.6) is 0 Å². The van der Waals surface area contributed by atoms with E-state index in [9.17, 15) is 0 Å². The molecule has 1 aliphatic carbocycles. The molecule has 0 heterocycles. The SMILES string of the molecule is CCCCCC1CC(CC)CCC1CNC. The molecule has 1 aliphatic rings. The molecule has 0 aromatic heterocycles. The van der Waals surface area contributed by atoms with Crippen LogP contribution in [0.1, 0.15) is 65.2 Å². The van der Waals surface area contributed by atoms with Gasteiger partial charge in [-0.05, 0) is 44.2 Å². The highest BCUT2D eigenvalue weighted by Crippen LogP contribution is 2.37. The van der Waals surface area contributed by atoms with Crippen LogP contribution in [0.3, 0.4) is 0 Å². The Morgan fingerprint density at radius 1 is 1.06 bits per heavy atom. The Morgan fingerprint density at radius 3 is 2.50 bits per heavy atom. The predicted molar refractivity (Wildman–Crippen MR) is 72.7 cm³/mol. The molecule has 0 radical (unpaired) electrons. The highest BCUT2D eigenvalue weighted by atomic mass is 14.8. The largest absolute Gasteiger partial charge is 0.319 e. The van der Waals surface area contributed by atoms with E-state index in [-0.39, 0.29) is 0 Å². The van der Waals surface area contributed by atoms with Crippen LogP contribution in [0.15, 0.2) is 0 Å². The summed E-state index contributed by atoms with van der Waals surface area (Å²) in [5.41, 5.74) is 0. The van der Waals surface area contributed by atoms with Gasteiger partial charge in [0, 0.05) is 0 Å². The van der Waals surface area contributed by atoms with Crippen molar-refractivity contribution in [2.75, 3.05) is 13.6 Å². The summed E-state index contributed by atoms with van der Waals surface area (Å²) in [7, 11) is 2.11. The molecule has 16 heavy (non-hydrogen) atoms. The van der Waals surface area contributed by atoms with Gasteiger partial charge in [-0.1, -0.05) is 52.4 Å². The lowest BCUT2D eigenvalue weighted by molar-refractivity contribution is 0.162. The van der Waals surface area contributed by atoms with E-state index in [2.05, 4.69) is 26.2 Å². The summed E-state index contributed by atoms with van der Waals surface area (Å²) >= 11 is 0. The molecular formula is C15H31N. The first-order valence-corrected chi connectivity index (χ1v) is 7.46. The second kappa shape index (κ2) is 8.11. The second-order valence-corrected chi connectivity index (χ2v) is 5.66. The van der Waals surface area contributed by atoms with Crippen molar-refractivity contribution in [3.63, 3.8) is 0 Å². The van der Waals surface area contributed by atoms with Gasteiger partial charge in [-0.25, -0.2) is 0 Å². The zero-order chi connectivity index (χ0) is 11.8. The molecule has 0 bridgehead atoms. The van der Waals surface area contributed by atoms with Crippen LogP contribution < -0.4 is 5.32 Å². The van der Waals surface area contributed by atoms with Crippen molar-refractivity contribution < 1.29 is 0 Å². The van der Waals surface area contributed by atoms with Gasteiger partial charge >= 0.3 is 0 Å². The van der Waals surface area contributed by atoms with E-state index in [1.54, 1.807) is 0 Å². The monoisotopic (exact) mass is 225 g/mol. The van der Waals surface area contributed by atoms with Gasteiger partial charge < -0.3 is 5.32 Å². The summed E-state index contributed by atoms with van der Waals surface area (Å²) in [4.78, 5) is 0. The van der Waals surface area contributed by atoms with Gasteiger partial charge in [0.2, 0.25) is 0 Å². The number of hydrogen-bond donors (Lipinski definition) is 1. The van der Waals surface area contributed by atoms with Gasteiger partial charge in [0.05, 0.1) is 0 Å². The first-order chi connectivity index (χ1) is 7.81. The van der Waals surface area contributed by atoms with Crippen molar-refractivity contribution in [1.29, 1.82) is 0 Å². The minimum Gasteiger partial charge on any atom is -0.319 e. The van der Waals surface area contributed by atoms with Gasteiger partial charge in [0.15, 0.2) is 0 Å². The first-order valence-electron chi connectivity index (χ1n) is 7.46. The minimum absolute atomic E-state index is 0.963. The van der Waals surface area contributed by atoms with Crippen molar-refractivity contribution in [2.45, 2.75) is 65.2 Å². The van der Waals surface area contributed by atoms with E-state index < -0.39 is 0 Å². The van der Waals surface area contributed by atoms with E-state index in [0.29, 0.717) is 0 Å². The van der Waals surface area contributed by atoms with E-state index in [0.717, 1.165) is 17.8 Å². The fraction of sp³-hybridized carbons (Fsp3) is 1.00. The predicted octanol–water partition coefficient (Wildman–Crippen LogP) is 4.23. The summed E-state index contributed by atoms with van der Waals surface area (Å²) in [5.74, 6) is 3.00. The molecule has 0 aromatic carbocycles. The summed E-state index contributed by atoms with van der Waals surface area (Å²) in [6.07, 6.45) is 11.6. The fourth-order valence-corrected chi connectivity index (χ4v) is 3.34. The van der Waals surface area contributed by atoms with Crippen molar-refractivity contribution >= 4 is 0 Å². The molecule has 1 N–H and O–H groups in total. The molecule has 1 saturated carbocycles. The van der Waals surface area contributed by atoms with Crippen LogP contribution in [-0.4, -0.2) is 13.6 Å². The van der Waals surface area contributed by atoms with E-state index in [1.807, 2.05) is 0 Å². The molecule has 1 fully saturated rings. The van der Waals surface area contributed by atoms with Gasteiger partial charge in [0.1, 0.15) is 0 Å². The fourth-order valence-electron chi connectivity index (χ4n) is 3.34. The molecule has 3 atom stereocenters. The molecule has 0 aliphatic heterocycles. The lowest BCUT2D eigenvalue weighted by Gasteiger charge is -2.36. The van der Waals surface area contributed by atoms with Gasteiger partial charge in [-0.15, -0.1) is 0 Å². The molecule has 0 aromatic rings. The molecule has 3 unspecified atom stereocenters. The van der Waals surface area contributed by atoms with Crippen molar-refractivity contribution in [2.24, 2.45) is 17.8 Å². The first kappa shape index (κ1) is 14.0. The smallest absolute Gasteiger partial charge is 0.00209 e. The standard InChI is InChI=1S/C15H31N/c1-4-6-7-8-14-11-13(5-2)9-10-15(14)12-16-3/h13-16H,4-12H2,1-3H3. The maximum atomic E-state index is 3.39. The quantitative estimate of drug-likeness (QED) is 0.639. The number of unbranched alkanes of at least 4 members (excludes halogenated alkanes) is 2. The van der Waals surface area contributed by atoms with Crippen LogP contribution in [-0.2, 0) is 0 Å². The number of rotatable bonds is 7. The number of hydrogen-bond acceptors (Lipinski definition) is 1. The Kier molecular flexibility index (Phi) is 7.11. The van der Waals surface area contributed by atoms with Crippen molar-refractivity contribution in [3.8, 4) is 0 Å². The normalized spacial score (nSPS) is 30.6. The van der Waals surface area contributed by atoms with Gasteiger partial charge in [-0.2, -0.15) is 0 Å². The van der Waals surface area contributed by atoms with Gasteiger partial charge in [-0.3, -0.25) is 0 Å². The zero-order valence-electron chi connectivity index (χ0n) is 11.6. The highest BCUT2D eigenvalue weighted by molar-refractivity contribution is 4.80. The van der Waals surface area contributed by atoms with Crippen molar-refractivity contribution in [3.05, 3.63) is 0 Å². The Bertz CT molecular complexity index is 167. The van der Waals surface area contributed by atoms with Crippen LogP contribution in [0.2, 0.25) is 0 Å². The molecule has 0 saturated heterocycles. The summed E-state index contributed by atoms with van der Waals surface area (Å²) in [6, 6.07) is 0. The van der Waals surface area contributed by atoms with Crippen LogP contribution in [0.25, 0.3) is 0 Å². The molecule has 0 amide bonds. The average Bonchev–Trinajstić information content (AvgIpc) is 2.31. The molecule has 1 nitrogen and oxygen atoms in total. The van der Waals surface area contributed by atoms with E-state index in [1.165, 1.54) is 57.9 Å². The van der Waals surface area contributed by atoms with Crippen LogP contribution in [0, 0.1) is 17.8 Å². The van der Waals surface area contributed by atoms with E-state index in [4.69, 9.17) is 0 Å².